The van der Waals surface area contributed by atoms with Crippen molar-refractivity contribution in [1.29, 1.82) is 0 Å². The molecule has 2 heterocycles. The summed E-state index contributed by atoms with van der Waals surface area (Å²) < 4.78 is 0. The van der Waals surface area contributed by atoms with Crippen LogP contribution in [0.25, 0.3) is 0 Å². The summed E-state index contributed by atoms with van der Waals surface area (Å²) in [5, 5.41) is 4.32. The molecule has 2 N–H and O–H groups in total. The predicted octanol–water partition coefficient (Wildman–Crippen LogP) is 1.45. The van der Waals surface area contributed by atoms with Gasteiger partial charge in [-0.1, -0.05) is 0 Å². The molecule has 1 saturated heterocycles. The lowest BCUT2D eigenvalue weighted by Crippen LogP contribution is -2.29. The van der Waals surface area contributed by atoms with Gasteiger partial charge in [0.2, 0.25) is 0 Å². The summed E-state index contributed by atoms with van der Waals surface area (Å²) >= 11 is 1.75. The fourth-order valence-electron chi connectivity index (χ4n) is 1.92. The van der Waals surface area contributed by atoms with Gasteiger partial charge in [0.1, 0.15) is 0 Å². The van der Waals surface area contributed by atoms with Crippen LogP contribution in [0.5, 0.6) is 0 Å². The third-order valence-electron chi connectivity index (χ3n) is 2.58. The highest BCUT2D eigenvalue weighted by molar-refractivity contribution is 7.07. The molecule has 3 heteroatoms. The van der Waals surface area contributed by atoms with E-state index >= 15 is 0 Å². The van der Waals surface area contributed by atoms with Crippen LogP contribution in [-0.4, -0.2) is 24.5 Å². The third-order valence-corrected chi connectivity index (χ3v) is 3.28. The molecule has 0 radical (unpaired) electrons. The number of rotatable bonds is 1. The van der Waals surface area contributed by atoms with Crippen molar-refractivity contribution in [3.05, 3.63) is 22.4 Å². The summed E-state index contributed by atoms with van der Waals surface area (Å²) in [4.78, 5) is 2.34. The summed E-state index contributed by atoms with van der Waals surface area (Å²) in [6.07, 6.45) is 1.12. The molecule has 0 spiro atoms. The molecular weight excluding hydrogens is 168 g/mol. The summed E-state index contributed by atoms with van der Waals surface area (Å²) in [6, 6.07) is 2.96. The molecule has 1 aliphatic heterocycles. The number of nitrogens with two attached hydrogens (primary N) is 1. The molecule has 1 aliphatic rings. The second-order valence-electron chi connectivity index (χ2n) is 3.43. The maximum absolute atomic E-state index is 6.02. The molecule has 2 nitrogen and oxygen atoms in total. The van der Waals surface area contributed by atoms with Crippen molar-refractivity contribution < 1.29 is 0 Å². The molecule has 0 saturated carbocycles. The molecule has 0 aromatic carbocycles. The smallest absolute Gasteiger partial charge is 0.0505 e. The zero-order valence-corrected chi connectivity index (χ0v) is 8.05. The number of likely N-dealkylation sites (N-methyl/N-ethyl adjacent to an activating group) is 1. The van der Waals surface area contributed by atoms with Gasteiger partial charge in [0.05, 0.1) is 6.04 Å². The van der Waals surface area contributed by atoms with Crippen LogP contribution in [0.4, 0.5) is 0 Å². The summed E-state index contributed by atoms with van der Waals surface area (Å²) in [5.41, 5.74) is 7.41. The van der Waals surface area contributed by atoms with Crippen LogP contribution in [0.3, 0.4) is 0 Å². The monoisotopic (exact) mass is 182 g/mol. The van der Waals surface area contributed by atoms with Crippen LogP contribution in [0.15, 0.2) is 16.8 Å². The van der Waals surface area contributed by atoms with E-state index in [1.54, 1.807) is 11.3 Å². The Hall–Kier alpha value is -0.380. The number of nitrogens with zero attached hydrogens (tertiary/aromatic N) is 1. The van der Waals surface area contributed by atoms with E-state index in [2.05, 4.69) is 28.8 Å². The maximum atomic E-state index is 6.02. The number of thiophene rings is 1. The molecule has 1 fully saturated rings. The van der Waals surface area contributed by atoms with Gasteiger partial charge in [-0.3, -0.25) is 4.90 Å². The van der Waals surface area contributed by atoms with E-state index in [1.165, 1.54) is 5.56 Å². The topological polar surface area (TPSA) is 29.3 Å². The van der Waals surface area contributed by atoms with Crippen LogP contribution < -0.4 is 5.73 Å². The molecule has 0 amide bonds. The zero-order valence-electron chi connectivity index (χ0n) is 7.23. The average molecular weight is 182 g/mol. The molecule has 1 aromatic heterocycles. The van der Waals surface area contributed by atoms with Crippen LogP contribution in [0.1, 0.15) is 18.0 Å². The van der Waals surface area contributed by atoms with Crippen LogP contribution >= 0.6 is 11.3 Å². The predicted molar refractivity (Wildman–Crippen MR) is 52.3 cm³/mol. The maximum Gasteiger partial charge on any atom is 0.0505 e. The second kappa shape index (κ2) is 3.17. The Morgan fingerprint density at radius 3 is 3.00 bits per heavy atom. The van der Waals surface area contributed by atoms with Crippen molar-refractivity contribution in [3.63, 3.8) is 0 Å². The van der Waals surface area contributed by atoms with Gasteiger partial charge in [0, 0.05) is 12.6 Å². The van der Waals surface area contributed by atoms with Gasteiger partial charge in [-0.15, -0.1) is 0 Å². The fourth-order valence-corrected chi connectivity index (χ4v) is 2.61. The lowest BCUT2D eigenvalue weighted by atomic mass is 10.0. The Balaban J connectivity index is 2.22. The molecule has 0 aliphatic carbocycles. The van der Waals surface area contributed by atoms with Crippen molar-refractivity contribution in [2.75, 3.05) is 13.6 Å². The lowest BCUT2D eigenvalue weighted by molar-refractivity contribution is 0.304. The van der Waals surface area contributed by atoms with E-state index in [-0.39, 0.29) is 0 Å². The molecule has 0 bridgehead atoms. The Morgan fingerprint density at radius 1 is 1.67 bits per heavy atom. The zero-order chi connectivity index (χ0) is 8.55. The standard InChI is InChI=1S/C9H14N2S/c1-11-4-2-8(10)9(11)7-3-5-12-6-7/h3,5-6,8-9H,2,4,10H2,1H3. The van der Waals surface area contributed by atoms with E-state index in [4.69, 9.17) is 5.73 Å². The Morgan fingerprint density at radius 2 is 2.50 bits per heavy atom. The summed E-state index contributed by atoms with van der Waals surface area (Å²) in [6.45, 7) is 1.13. The largest absolute Gasteiger partial charge is 0.326 e. The van der Waals surface area contributed by atoms with E-state index < -0.39 is 0 Å². The van der Waals surface area contributed by atoms with Gasteiger partial charge in [-0.05, 0) is 35.9 Å². The first kappa shape index (κ1) is 8.23. The Labute approximate surface area is 77.0 Å². The lowest BCUT2D eigenvalue weighted by Gasteiger charge is -2.21. The van der Waals surface area contributed by atoms with E-state index in [0.29, 0.717) is 12.1 Å². The minimum Gasteiger partial charge on any atom is -0.326 e. The first-order chi connectivity index (χ1) is 5.79. The summed E-state index contributed by atoms with van der Waals surface area (Å²) in [5.74, 6) is 0. The van der Waals surface area contributed by atoms with Crippen molar-refractivity contribution >= 4 is 11.3 Å². The molecule has 12 heavy (non-hydrogen) atoms. The van der Waals surface area contributed by atoms with Gasteiger partial charge in [-0.2, -0.15) is 11.3 Å². The number of hydrogen-bond donors (Lipinski definition) is 1. The van der Waals surface area contributed by atoms with E-state index in [0.717, 1.165) is 13.0 Å². The average Bonchev–Trinajstić information content (AvgIpc) is 2.61. The van der Waals surface area contributed by atoms with Gasteiger partial charge < -0.3 is 5.73 Å². The molecule has 66 valence electrons. The van der Waals surface area contributed by atoms with Crippen molar-refractivity contribution in [3.8, 4) is 0 Å². The first-order valence-corrected chi connectivity index (χ1v) is 5.21. The number of likely N-dealkylation sites (tertiary alicyclic amines) is 1. The first-order valence-electron chi connectivity index (χ1n) is 4.27. The molecule has 2 unspecified atom stereocenters. The third kappa shape index (κ3) is 1.28. The molecule has 1 aromatic rings. The summed E-state index contributed by atoms with van der Waals surface area (Å²) in [7, 11) is 2.15. The van der Waals surface area contributed by atoms with Crippen molar-refractivity contribution in [1.82, 2.24) is 4.90 Å². The molecule has 2 rings (SSSR count). The number of hydrogen-bond acceptors (Lipinski definition) is 3. The van der Waals surface area contributed by atoms with Gasteiger partial charge in [0.15, 0.2) is 0 Å². The van der Waals surface area contributed by atoms with Gasteiger partial charge in [-0.25, -0.2) is 0 Å². The van der Waals surface area contributed by atoms with Crippen molar-refractivity contribution in [2.45, 2.75) is 18.5 Å². The minimum absolute atomic E-state index is 0.324. The Kier molecular flexibility index (Phi) is 2.17. The van der Waals surface area contributed by atoms with Crippen LogP contribution in [0.2, 0.25) is 0 Å². The Bertz CT molecular complexity index is 235. The molecular formula is C9H14N2S. The highest BCUT2D eigenvalue weighted by Gasteiger charge is 2.30. The minimum atomic E-state index is 0.324. The van der Waals surface area contributed by atoms with Gasteiger partial charge in [0.25, 0.3) is 0 Å². The van der Waals surface area contributed by atoms with Gasteiger partial charge >= 0.3 is 0 Å². The van der Waals surface area contributed by atoms with E-state index in [9.17, 15) is 0 Å². The SMILES string of the molecule is CN1CCC(N)C1c1ccsc1. The fraction of sp³-hybridized carbons (Fsp3) is 0.556. The van der Waals surface area contributed by atoms with Crippen LogP contribution in [0, 0.1) is 0 Å². The van der Waals surface area contributed by atoms with E-state index in [1.807, 2.05) is 0 Å². The van der Waals surface area contributed by atoms with Crippen LogP contribution in [-0.2, 0) is 0 Å². The highest BCUT2D eigenvalue weighted by Crippen LogP contribution is 2.30. The highest BCUT2D eigenvalue weighted by atomic mass is 32.1. The quantitative estimate of drug-likeness (QED) is 0.712. The normalized spacial score (nSPS) is 31.2. The second-order valence-corrected chi connectivity index (χ2v) is 4.21. The van der Waals surface area contributed by atoms with Crippen molar-refractivity contribution in [2.24, 2.45) is 5.73 Å². The molecule has 2 atom stereocenters.